The van der Waals surface area contributed by atoms with Crippen molar-refractivity contribution >= 4 is 40.6 Å². The Labute approximate surface area is 184 Å². The molecule has 2 aliphatic heterocycles. The number of benzene rings is 2. The molecular formula is C23H22ClFN2O4. The SMILES string of the molecule is CN1C(=O)CCc2cc(N3CCC(O)(C(=O)CCc4cc(F)cc(Cl)c4)C3=O)ccc21. The zero-order chi connectivity index (χ0) is 22.3. The van der Waals surface area contributed by atoms with Crippen LogP contribution in [0.4, 0.5) is 15.8 Å². The monoisotopic (exact) mass is 444 g/mol. The number of rotatable bonds is 5. The van der Waals surface area contributed by atoms with Gasteiger partial charge in [0.2, 0.25) is 11.5 Å². The van der Waals surface area contributed by atoms with Crippen LogP contribution in [-0.2, 0) is 27.2 Å². The van der Waals surface area contributed by atoms with Crippen molar-refractivity contribution in [2.24, 2.45) is 0 Å². The van der Waals surface area contributed by atoms with E-state index in [1.807, 2.05) is 6.07 Å². The average molecular weight is 445 g/mol. The molecule has 0 bridgehead atoms. The Kier molecular flexibility index (Phi) is 5.58. The third-order valence-corrected chi connectivity index (χ3v) is 6.26. The molecule has 162 valence electrons. The number of fused-ring (bicyclic) bond motifs is 1. The molecule has 2 aromatic carbocycles. The van der Waals surface area contributed by atoms with E-state index in [4.69, 9.17) is 11.6 Å². The van der Waals surface area contributed by atoms with Crippen LogP contribution < -0.4 is 9.80 Å². The maximum atomic E-state index is 13.5. The zero-order valence-corrected chi connectivity index (χ0v) is 17.8. The first kappa shape index (κ1) is 21.5. The van der Waals surface area contributed by atoms with Gasteiger partial charge in [0, 0.05) is 49.3 Å². The quantitative estimate of drug-likeness (QED) is 0.719. The number of amides is 2. The van der Waals surface area contributed by atoms with Gasteiger partial charge in [-0.2, -0.15) is 0 Å². The molecule has 6 nitrogen and oxygen atoms in total. The number of anilines is 2. The predicted molar refractivity (Wildman–Crippen MR) is 115 cm³/mol. The number of aryl methyl sites for hydroxylation is 2. The van der Waals surface area contributed by atoms with E-state index in [9.17, 15) is 23.9 Å². The van der Waals surface area contributed by atoms with Crippen LogP contribution in [-0.4, -0.2) is 41.9 Å². The first-order chi connectivity index (χ1) is 14.7. The second kappa shape index (κ2) is 8.05. The highest BCUT2D eigenvalue weighted by Crippen LogP contribution is 2.35. The summed E-state index contributed by atoms with van der Waals surface area (Å²) in [5, 5.41) is 11.1. The molecule has 0 saturated carbocycles. The van der Waals surface area contributed by atoms with Crippen LogP contribution in [0, 0.1) is 5.82 Å². The Balaban J connectivity index is 1.49. The van der Waals surface area contributed by atoms with E-state index in [-0.39, 0.29) is 36.7 Å². The van der Waals surface area contributed by atoms with Crippen LogP contribution in [0.2, 0.25) is 5.02 Å². The van der Waals surface area contributed by atoms with E-state index in [1.165, 1.54) is 17.0 Å². The van der Waals surface area contributed by atoms with Gasteiger partial charge in [-0.15, -0.1) is 0 Å². The minimum atomic E-state index is -2.10. The fourth-order valence-corrected chi connectivity index (χ4v) is 4.49. The maximum absolute atomic E-state index is 13.5. The molecule has 2 aliphatic rings. The second-order valence-electron chi connectivity index (χ2n) is 8.03. The standard InChI is InChI=1S/C23H22ClFN2O4/c1-26-19-5-4-18(12-15(19)3-7-21(26)29)27-9-8-23(31,22(27)30)20(28)6-2-14-10-16(24)13-17(25)11-14/h4-5,10-13,31H,2-3,6-9H2,1H3. The van der Waals surface area contributed by atoms with E-state index in [1.54, 1.807) is 30.1 Å². The van der Waals surface area contributed by atoms with Gasteiger partial charge < -0.3 is 14.9 Å². The Hall–Kier alpha value is -2.77. The molecule has 1 N–H and O–H groups in total. The van der Waals surface area contributed by atoms with Crippen LogP contribution in [0.5, 0.6) is 0 Å². The number of carbonyl (C=O) groups excluding carboxylic acids is 3. The van der Waals surface area contributed by atoms with Crippen molar-refractivity contribution in [1.82, 2.24) is 0 Å². The predicted octanol–water partition coefficient (Wildman–Crippen LogP) is 3.06. The molecule has 2 amide bonds. The van der Waals surface area contributed by atoms with Gasteiger partial charge in [0.25, 0.3) is 5.91 Å². The van der Waals surface area contributed by atoms with Crippen LogP contribution in [0.25, 0.3) is 0 Å². The summed E-state index contributed by atoms with van der Waals surface area (Å²) in [4.78, 5) is 40.6. The summed E-state index contributed by atoms with van der Waals surface area (Å²) in [7, 11) is 1.71. The van der Waals surface area contributed by atoms with Crippen molar-refractivity contribution in [3.8, 4) is 0 Å². The summed E-state index contributed by atoms with van der Waals surface area (Å²) >= 11 is 5.84. The van der Waals surface area contributed by atoms with Crippen LogP contribution in [0.3, 0.4) is 0 Å². The number of hydrogen-bond donors (Lipinski definition) is 1. The lowest BCUT2D eigenvalue weighted by Gasteiger charge is -2.28. The Morgan fingerprint density at radius 2 is 1.97 bits per heavy atom. The molecule has 0 spiro atoms. The molecule has 2 heterocycles. The highest BCUT2D eigenvalue weighted by atomic mass is 35.5. The smallest absolute Gasteiger partial charge is 0.266 e. The molecule has 0 aliphatic carbocycles. The zero-order valence-electron chi connectivity index (χ0n) is 17.0. The second-order valence-corrected chi connectivity index (χ2v) is 8.47. The van der Waals surface area contributed by atoms with Gasteiger partial charge in [-0.3, -0.25) is 14.4 Å². The fourth-order valence-electron chi connectivity index (χ4n) is 4.24. The van der Waals surface area contributed by atoms with Crippen molar-refractivity contribution in [1.29, 1.82) is 0 Å². The maximum Gasteiger partial charge on any atom is 0.266 e. The molecule has 8 heteroatoms. The van der Waals surface area contributed by atoms with Gasteiger partial charge in [0.15, 0.2) is 5.78 Å². The van der Waals surface area contributed by atoms with Crippen molar-refractivity contribution < 1.29 is 23.9 Å². The summed E-state index contributed by atoms with van der Waals surface area (Å²) in [6.07, 6.45) is 1.03. The van der Waals surface area contributed by atoms with Crippen molar-refractivity contribution in [2.75, 3.05) is 23.4 Å². The largest absolute Gasteiger partial charge is 0.373 e. The summed E-state index contributed by atoms with van der Waals surface area (Å²) in [6, 6.07) is 9.34. The molecule has 31 heavy (non-hydrogen) atoms. The third-order valence-electron chi connectivity index (χ3n) is 6.04. The molecule has 4 rings (SSSR count). The fraction of sp³-hybridized carbons (Fsp3) is 0.348. The molecule has 0 aromatic heterocycles. The summed E-state index contributed by atoms with van der Waals surface area (Å²) in [5.41, 5.74) is 0.758. The normalized spacial score (nSPS) is 20.9. The minimum Gasteiger partial charge on any atom is -0.373 e. The van der Waals surface area contributed by atoms with Gasteiger partial charge in [0.05, 0.1) is 0 Å². The first-order valence-corrected chi connectivity index (χ1v) is 10.5. The van der Waals surface area contributed by atoms with Crippen molar-refractivity contribution in [3.05, 3.63) is 58.4 Å². The lowest BCUT2D eigenvalue weighted by molar-refractivity contribution is -0.147. The van der Waals surface area contributed by atoms with Gasteiger partial charge >= 0.3 is 0 Å². The number of hydrogen-bond acceptors (Lipinski definition) is 4. The van der Waals surface area contributed by atoms with E-state index in [0.717, 1.165) is 11.3 Å². The molecule has 0 radical (unpaired) electrons. The van der Waals surface area contributed by atoms with E-state index < -0.39 is 23.1 Å². The first-order valence-electron chi connectivity index (χ1n) is 10.1. The van der Waals surface area contributed by atoms with Gasteiger partial charge in [0.1, 0.15) is 5.82 Å². The average Bonchev–Trinajstić information content (AvgIpc) is 3.04. The number of ketones is 1. The van der Waals surface area contributed by atoms with E-state index >= 15 is 0 Å². The highest BCUT2D eigenvalue weighted by Gasteiger charge is 2.50. The lowest BCUT2D eigenvalue weighted by atomic mass is 9.92. The molecule has 1 saturated heterocycles. The number of Topliss-reactive ketones (excluding diaryl/α,β-unsaturated/α-hetero) is 1. The Morgan fingerprint density at radius 1 is 1.19 bits per heavy atom. The topological polar surface area (TPSA) is 77.9 Å². The highest BCUT2D eigenvalue weighted by molar-refractivity contribution is 6.30. The Morgan fingerprint density at radius 3 is 2.71 bits per heavy atom. The minimum absolute atomic E-state index is 0.00987. The van der Waals surface area contributed by atoms with E-state index in [2.05, 4.69) is 0 Å². The molecule has 2 aromatic rings. The molecule has 1 fully saturated rings. The van der Waals surface area contributed by atoms with E-state index in [0.29, 0.717) is 24.1 Å². The molecular weight excluding hydrogens is 423 g/mol. The van der Waals surface area contributed by atoms with Crippen LogP contribution in [0.15, 0.2) is 36.4 Å². The van der Waals surface area contributed by atoms with Crippen LogP contribution >= 0.6 is 11.6 Å². The number of halogens is 2. The number of aliphatic hydroxyl groups is 1. The van der Waals surface area contributed by atoms with Gasteiger partial charge in [-0.05, 0) is 60.4 Å². The number of carbonyl (C=O) groups is 3. The van der Waals surface area contributed by atoms with Crippen LogP contribution in [0.1, 0.15) is 30.4 Å². The van der Waals surface area contributed by atoms with Gasteiger partial charge in [-0.1, -0.05) is 11.6 Å². The van der Waals surface area contributed by atoms with Crippen molar-refractivity contribution in [2.45, 2.75) is 37.7 Å². The molecule has 1 atom stereocenters. The number of nitrogens with zero attached hydrogens (tertiary/aromatic N) is 2. The Bertz CT molecular complexity index is 1070. The molecule has 1 unspecified atom stereocenters. The summed E-state index contributed by atoms with van der Waals surface area (Å²) in [6.45, 7) is 0.209. The van der Waals surface area contributed by atoms with Gasteiger partial charge in [-0.25, -0.2) is 4.39 Å². The van der Waals surface area contributed by atoms with Crippen molar-refractivity contribution in [3.63, 3.8) is 0 Å². The summed E-state index contributed by atoms with van der Waals surface area (Å²) in [5.74, 6) is -1.72. The summed E-state index contributed by atoms with van der Waals surface area (Å²) < 4.78 is 13.5. The lowest BCUT2D eigenvalue weighted by Crippen LogP contribution is -2.47. The third kappa shape index (κ3) is 3.95.